The first kappa shape index (κ1) is 15.9. The third-order valence-electron chi connectivity index (χ3n) is 4.22. The van der Waals surface area contributed by atoms with Gasteiger partial charge in [-0.3, -0.25) is 4.90 Å². The van der Waals surface area contributed by atoms with E-state index in [1.165, 1.54) is 13.1 Å². The minimum atomic E-state index is -0.0357. The predicted molar refractivity (Wildman–Crippen MR) is 78.0 cm³/mol. The Bertz CT molecular complexity index is 253. The predicted octanol–water partition coefficient (Wildman–Crippen LogP) is 2.51. The van der Waals surface area contributed by atoms with Gasteiger partial charge < -0.3 is 10.1 Å². The average molecular weight is 256 g/mol. The summed E-state index contributed by atoms with van der Waals surface area (Å²) < 4.78 is 5.51. The second kappa shape index (κ2) is 6.36. The number of nitrogens with one attached hydrogen (secondary N) is 1. The summed E-state index contributed by atoms with van der Waals surface area (Å²) in [7, 11) is 1.80. The fourth-order valence-corrected chi connectivity index (χ4v) is 2.89. The summed E-state index contributed by atoms with van der Waals surface area (Å²) in [4.78, 5) is 2.57. The molecule has 1 fully saturated rings. The highest BCUT2D eigenvalue weighted by molar-refractivity contribution is 4.90. The van der Waals surface area contributed by atoms with Gasteiger partial charge in [0.25, 0.3) is 0 Å². The Morgan fingerprint density at radius 1 is 1.28 bits per heavy atom. The smallest absolute Gasteiger partial charge is 0.0637 e. The Hall–Kier alpha value is -0.120. The van der Waals surface area contributed by atoms with E-state index >= 15 is 0 Å². The van der Waals surface area contributed by atoms with Crippen molar-refractivity contribution in [2.75, 3.05) is 20.2 Å². The lowest BCUT2D eigenvalue weighted by Gasteiger charge is -2.30. The van der Waals surface area contributed by atoms with Crippen LogP contribution < -0.4 is 5.32 Å². The summed E-state index contributed by atoms with van der Waals surface area (Å²) in [6.07, 6.45) is 1.05. The van der Waals surface area contributed by atoms with Gasteiger partial charge in [0, 0.05) is 38.3 Å². The van der Waals surface area contributed by atoms with Crippen molar-refractivity contribution in [1.29, 1.82) is 0 Å². The van der Waals surface area contributed by atoms with Crippen molar-refractivity contribution in [2.24, 2.45) is 5.92 Å². The zero-order valence-electron chi connectivity index (χ0n) is 13.3. The van der Waals surface area contributed by atoms with Gasteiger partial charge in [-0.15, -0.1) is 0 Å². The molecule has 0 radical (unpaired) electrons. The van der Waals surface area contributed by atoms with Crippen molar-refractivity contribution < 1.29 is 4.74 Å². The molecule has 1 aliphatic heterocycles. The standard InChI is InChI=1S/C15H32N2O/c1-11(2)17-9-12(3)14(10-17)16-13(4)8-15(5,6)18-7/h11-14,16H,8-10H2,1-7H3. The maximum atomic E-state index is 5.51. The van der Waals surface area contributed by atoms with E-state index in [4.69, 9.17) is 4.74 Å². The normalized spacial score (nSPS) is 28.0. The molecule has 3 atom stereocenters. The van der Waals surface area contributed by atoms with E-state index in [0.717, 1.165) is 12.3 Å². The van der Waals surface area contributed by atoms with Gasteiger partial charge in [0.2, 0.25) is 0 Å². The zero-order valence-corrected chi connectivity index (χ0v) is 13.3. The van der Waals surface area contributed by atoms with Crippen LogP contribution in [0.4, 0.5) is 0 Å². The van der Waals surface area contributed by atoms with E-state index in [2.05, 4.69) is 51.8 Å². The van der Waals surface area contributed by atoms with Crippen molar-refractivity contribution in [1.82, 2.24) is 10.2 Å². The molecule has 108 valence electrons. The fourth-order valence-electron chi connectivity index (χ4n) is 2.89. The molecule has 0 spiro atoms. The van der Waals surface area contributed by atoms with Crippen molar-refractivity contribution >= 4 is 0 Å². The molecule has 1 saturated heterocycles. The van der Waals surface area contributed by atoms with E-state index < -0.39 is 0 Å². The zero-order chi connectivity index (χ0) is 13.9. The molecule has 1 heterocycles. The monoisotopic (exact) mass is 256 g/mol. The van der Waals surface area contributed by atoms with Gasteiger partial charge in [0.15, 0.2) is 0 Å². The summed E-state index contributed by atoms with van der Waals surface area (Å²) in [6.45, 7) is 15.9. The first-order valence-corrected chi connectivity index (χ1v) is 7.30. The SMILES string of the molecule is COC(C)(C)CC(C)NC1CN(C(C)C)CC1C. The minimum absolute atomic E-state index is 0.0357. The van der Waals surface area contributed by atoms with E-state index in [9.17, 15) is 0 Å². The van der Waals surface area contributed by atoms with E-state index in [1.807, 2.05) is 0 Å². The quantitative estimate of drug-likeness (QED) is 0.790. The molecule has 1 aliphatic rings. The summed E-state index contributed by atoms with van der Waals surface area (Å²) in [5, 5.41) is 3.78. The van der Waals surface area contributed by atoms with Crippen LogP contribution in [0.2, 0.25) is 0 Å². The van der Waals surface area contributed by atoms with Gasteiger partial charge in [0.05, 0.1) is 5.60 Å². The van der Waals surface area contributed by atoms with Crippen molar-refractivity contribution in [3.63, 3.8) is 0 Å². The molecule has 0 aromatic carbocycles. The first-order valence-electron chi connectivity index (χ1n) is 7.30. The highest BCUT2D eigenvalue weighted by Gasteiger charge is 2.32. The minimum Gasteiger partial charge on any atom is -0.379 e. The molecule has 18 heavy (non-hydrogen) atoms. The molecule has 0 aliphatic carbocycles. The van der Waals surface area contributed by atoms with Crippen LogP contribution in [0.25, 0.3) is 0 Å². The van der Waals surface area contributed by atoms with Crippen molar-refractivity contribution in [3.8, 4) is 0 Å². The summed E-state index contributed by atoms with van der Waals surface area (Å²) in [5.74, 6) is 0.737. The molecule has 0 saturated carbocycles. The Morgan fingerprint density at radius 3 is 2.33 bits per heavy atom. The molecule has 3 unspecified atom stereocenters. The second-order valence-electron chi connectivity index (χ2n) is 6.87. The summed E-state index contributed by atoms with van der Waals surface area (Å²) in [5.41, 5.74) is -0.0357. The largest absolute Gasteiger partial charge is 0.379 e. The summed E-state index contributed by atoms with van der Waals surface area (Å²) >= 11 is 0. The van der Waals surface area contributed by atoms with Crippen LogP contribution in [0.1, 0.15) is 48.0 Å². The lowest BCUT2D eigenvalue weighted by atomic mass is 9.98. The highest BCUT2D eigenvalue weighted by Crippen LogP contribution is 2.21. The van der Waals surface area contributed by atoms with Crippen molar-refractivity contribution in [2.45, 2.75) is 71.7 Å². The Morgan fingerprint density at radius 2 is 1.89 bits per heavy atom. The number of hydrogen-bond donors (Lipinski definition) is 1. The molecule has 3 nitrogen and oxygen atoms in total. The molecule has 0 aromatic heterocycles. The molecule has 0 amide bonds. The molecule has 3 heteroatoms. The Balaban J connectivity index is 2.43. The van der Waals surface area contributed by atoms with Gasteiger partial charge in [-0.2, -0.15) is 0 Å². The maximum absolute atomic E-state index is 5.51. The van der Waals surface area contributed by atoms with Crippen LogP contribution in [0, 0.1) is 5.92 Å². The lowest BCUT2D eigenvalue weighted by molar-refractivity contribution is 0.00743. The third-order valence-corrected chi connectivity index (χ3v) is 4.22. The van der Waals surface area contributed by atoms with E-state index in [0.29, 0.717) is 18.1 Å². The van der Waals surface area contributed by atoms with Crippen LogP contribution in [-0.2, 0) is 4.74 Å². The number of hydrogen-bond acceptors (Lipinski definition) is 3. The van der Waals surface area contributed by atoms with Crippen LogP contribution in [-0.4, -0.2) is 48.8 Å². The molecular weight excluding hydrogens is 224 g/mol. The van der Waals surface area contributed by atoms with Crippen LogP contribution in [0.15, 0.2) is 0 Å². The number of likely N-dealkylation sites (tertiary alicyclic amines) is 1. The number of ether oxygens (including phenoxy) is 1. The van der Waals surface area contributed by atoms with Gasteiger partial charge in [-0.05, 0) is 47.0 Å². The molecule has 1 rings (SSSR count). The Kier molecular flexibility index (Phi) is 5.63. The first-order chi connectivity index (χ1) is 8.25. The van der Waals surface area contributed by atoms with Crippen molar-refractivity contribution in [3.05, 3.63) is 0 Å². The lowest BCUT2D eigenvalue weighted by Crippen LogP contribution is -2.44. The van der Waals surface area contributed by atoms with Gasteiger partial charge >= 0.3 is 0 Å². The number of nitrogens with zero attached hydrogens (tertiary/aromatic N) is 1. The molecule has 0 aromatic rings. The molecule has 0 bridgehead atoms. The van der Waals surface area contributed by atoms with Gasteiger partial charge in [-0.1, -0.05) is 6.92 Å². The van der Waals surface area contributed by atoms with E-state index in [1.54, 1.807) is 7.11 Å². The second-order valence-corrected chi connectivity index (χ2v) is 6.87. The van der Waals surface area contributed by atoms with Crippen LogP contribution >= 0.6 is 0 Å². The van der Waals surface area contributed by atoms with Gasteiger partial charge in [-0.25, -0.2) is 0 Å². The van der Waals surface area contributed by atoms with E-state index in [-0.39, 0.29) is 5.60 Å². The topological polar surface area (TPSA) is 24.5 Å². The van der Waals surface area contributed by atoms with Gasteiger partial charge in [0.1, 0.15) is 0 Å². The third kappa shape index (κ3) is 4.52. The number of rotatable bonds is 6. The highest BCUT2D eigenvalue weighted by atomic mass is 16.5. The number of methoxy groups -OCH3 is 1. The summed E-state index contributed by atoms with van der Waals surface area (Å²) in [6, 6.07) is 1.78. The molecular formula is C15H32N2O. The van der Waals surface area contributed by atoms with Crippen LogP contribution in [0.5, 0.6) is 0 Å². The Labute approximate surface area is 113 Å². The maximum Gasteiger partial charge on any atom is 0.0637 e. The average Bonchev–Trinajstić information content (AvgIpc) is 2.59. The molecule has 1 N–H and O–H groups in total. The van der Waals surface area contributed by atoms with Crippen LogP contribution in [0.3, 0.4) is 0 Å². The fraction of sp³-hybridized carbons (Fsp3) is 1.00.